The van der Waals surface area contributed by atoms with Crippen molar-refractivity contribution < 1.29 is 13.9 Å². The molecule has 0 saturated carbocycles. The first-order chi connectivity index (χ1) is 18.0. The Bertz CT molecular complexity index is 1430. The lowest BCUT2D eigenvalue weighted by Crippen LogP contribution is -2.56. The van der Waals surface area contributed by atoms with E-state index >= 15 is 4.39 Å². The molecule has 9 nitrogen and oxygen atoms in total. The van der Waals surface area contributed by atoms with Crippen molar-refractivity contribution in [3.05, 3.63) is 36.2 Å². The Morgan fingerprint density at radius 1 is 1.19 bits per heavy atom. The number of pyridine rings is 2. The summed E-state index contributed by atoms with van der Waals surface area (Å²) in [5.74, 6) is 0.861. The van der Waals surface area contributed by atoms with Crippen LogP contribution < -0.4 is 9.64 Å². The Morgan fingerprint density at radius 3 is 2.73 bits per heavy atom. The van der Waals surface area contributed by atoms with Crippen LogP contribution >= 0.6 is 0 Å². The molecule has 0 amide bonds. The molecule has 6 heterocycles. The maximum Gasteiger partial charge on any atom is 0.197 e. The molecule has 4 aromatic rings. The Labute approximate surface area is 215 Å². The Morgan fingerprint density at radius 2 is 2.00 bits per heavy atom. The molecule has 2 saturated heterocycles. The first-order valence-corrected chi connectivity index (χ1v) is 13.1. The molecule has 0 bridgehead atoms. The van der Waals surface area contributed by atoms with Crippen LogP contribution in [-0.2, 0) is 4.74 Å². The molecule has 4 aromatic heterocycles. The fraction of sp³-hybridized carbons (Fsp3) is 0.519. The highest BCUT2D eigenvalue weighted by Crippen LogP contribution is 2.40. The molecule has 196 valence electrons. The van der Waals surface area contributed by atoms with Crippen molar-refractivity contribution in [2.24, 2.45) is 0 Å². The van der Waals surface area contributed by atoms with Crippen molar-refractivity contribution in [1.29, 1.82) is 0 Å². The van der Waals surface area contributed by atoms with Gasteiger partial charge in [-0.3, -0.25) is 4.90 Å². The number of ether oxygens (including phenoxy) is 2. The lowest BCUT2D eigenvalue weighted by molar-refractivity contribution is 0.0278. The third kappa shape index (κ3) is 4.12. The summed E-state index contributed by atoms with van der Waals surface area (Å²) < 4.78 is 29.2. The van der Waals surface area contributed by atoms with Gasteiger partial charge >= 0.3 is 0 Å². The van der Waals surface area contributed by atoms with Crippen molar-refractivity contribution >= 4 is 22.4 Å². The number of H-pyrrole nitrogens is 1. The van der Waals surface area contributed by atoms with Gasteiger partial charge in [0.05, 0.1) is 24.5 Å². The third-order valence-electron chi connectivity index (χ3n) is 7.86. The van der Waals surface area contributed by atoms with Crippen LogP contribution in [0.25, 0.3) is 27.8 Å². The molecule has 37 heavy (non-hydrogen) atoms. The summed E-state index contributed by atoms with van der Waals surface area (Å²) in [4.78, 5) is 17.0. The highest BCUT2D eigenvalue weighted by atomic mass is 19.1. The normalized spacial score (nSPS) is 19.9. The van der Waals surface area contributed by atoms with Crippen molar-refractivity contribution in [1.82, 2.24) is 29.5 Å². The molecule has 2 aliphatic rings. The number of anilines is 1. The molecule has 2 aliphatic heterocycles. The van der Waals surface area contributed by atoms with E-state index in [-0.39, 0.29) is 17.8 Å². The number of aromatic nitrogens is 5. The Kier molecular flexibility index (Phi) is 6.24. The number of fused-ring (bicyclic) bond motifs is 2. The maximum absolute atomic E-state index is 16.4. The van der Waals surface area contributed by atoms with Crippen LogP contribution in [0.4, 0.5) is 10.2 Å². The summed E-state index contributed by atoms with van der Waals surface area (Å²) in [5, 5.41) is 4.89. The van der Waals surface area contributed by atoms with Gasteiger partial charge in [-0.2, -0.15) is 5.10 Å². The van der Waals surface area contributed by atoms with Crippen LogP contribution in [0.3, 0.4) is 0 Å². The number of rotatable bonds is 5. The van der Waals surface area contributed by atoms with E-state index in [2.05, 4.69) is 50.6 Å². The molecular formula is C27H34FN7O2. The third-order valence-corrected chi connectivity index (χ3v) is 7.86. The maximum atomic E-state index is 16.4. The van der Waals surface area contributed by atoms with E-state index in [1.54, 1.807) is 17.8 Å². The lowest BCUT2D eigenvalue weighted by atomic mass is 9.96. The van der Waals surface area contributed by atoms with Gasteiger partial charge in [0.1, 0.15) is 6.33 Å². The SMILES string of the molecule is COc1cc(-c2[nH]c3cnc(N4CCN(C5CCOCC5)CC4C)c(F)c3c2C(C)C)cn2ncnc12. The van der Waals surface area contributed by atoms with Crippen LogP contribution in [0.5, 0.6) is 5.75 Å². The minimum atomic E-state index is -0.260. The van der Waals surface area contributed by atoms with Crippen LogP contribution in [0, 0.1) is 5.82 Å². The molecule has 0 radical (unpaired) electrons. The number of aromatic amines is 1. The zero-order valence-corrected chi connectivity index (χ0v) is 21.9. The van der Waals surface area contributed by atoms with Gasteiger partial charge in [-0.25, -0.2) is 18.9 Å². The van der Waals surface area contributed by atoms with Gasteiger partial charge in [0.25, 0.3) is 0 Å². The fourth-order valence-corrected chi connectivity index (χ4v) is 6.03. The van der Waals surface area contributed by atoms with Gasteiger partial charge in [0.2, 0.25) is 0 Å². The molecule has 6 rings (SSSR count). The van der Waals surface area contributed by atoms with Crippen molar-refractivity contribution in [3.63, 3.8) is 0 Å². The zero-order valence-electron chi connectivity index (χ0n) is 21.9. The van der Waals surface area contributed by atoms with Crippen molar-refractivity contribution in [2.45, 2.75) is 51.6 Å². The van der Waals surface area contributed by atoms with E-state index in [0.717, 1.165) is 62.5 Å². The summed E-state index contributed by atoms with van der Waals surface area (Å²) in [5.41, 5.74) is 3.94. The van der Waals surface area contributed by atoms with Crippen LogP contribution in [0.15, 0.2) is 24.8 Å². The molecule has 0 aliphatic carbocycles. The summed E-state index contributed by atoms with van der Waals surface area (Å²) in [6, 6.07) is 2.64. The van der Waals surface area contributed by atoms with Gasteiger partial charge in [-0.05, 0) is 37.3 Å². The number of piperazine rings is 1. The molecule has 0 spiro atoms. The minimum absolute atomic E-state index is 0.0775. The smallest absolute Gasteiger partial charge is 0.197 e. The first-order valence-electron chi connectivity index (χ1n) is 13.1. The zero-order chi connectivity index (χ0) is 25.7. The predicted octanol–water partition coefficient (Wildman–Crippen LogP) is 4.23. The second-order valence-electron chi connectivity index (χ2n) is 10.5. The number of methoxy groups -OCH3 is 1. The summed E-state index contributed by atoms with van der Waals surface area (Å²) in [6.45, 7) is 10.6. The number of nitrogens with zero attached hydrogens (tertiary/aromatic N) is 6. The van der Waals surface area contributed by atoms with Gasteiger partial charge in [0.15, 0.2) is 23.0 Å². The molecule has 1 unspecified atom stereocenters. The van der Waals surface area contributed by atoms with Crippen LogP contribution in [-0.4, -0.2) is 81.5 Å². The van der Waals surface area contributed by atoms with Crippen molar-refractivity contribution in [3.8, 4) is 17.0 Å². The fourth-order valence-electron chi connectivity index (χ4n) is 6.03. The topological polar surface area (TPSA) is 83.8 Å². The van der Waals surface area contributed by atoms with Gasteiger partial charge < -0.3 is 19.4 Å². The summed E-state index contributed by atoms with van der Waals surface area (Å²) >= 11 is 0. The number of nitrogens with one attached hydrogen (secondary N) is 1. The molecule has 1 N–H and O–H groups in total. The quantitative estimate of drug-likeness (QED) is 0.433. The average Bonchev–Trinajstić information content (AvgIpc) is 3.54. The summed E-state index contributed by atoms with van der Waals surface area (Å²) in [7, 11) is 1.61. The monoisotopic (exact) mass is 507 g/mol. The number of hydrogen-bond donors (Lipinski definition) is 1. The largest absolute Gasteiger partial charge is 0.493 e. The first kappa shape index (κ1) is 24.1. The van der Waals surface area contributed by atoms with Gasteiger partial charge in [-0.1, -0.05) is 13.8 Å². The van der Waals surface area contributed by atoms with Crippen molar-refractivity contribution in [2.75, 3.05) is 44.9 Å². The predicted molar refractivity (Wildman–Crippen MR) is 141 cm³/mol. The molecule has 0 aromatic carbocycles. The molecule has 1 atom stereocenters. The molecule has 10 heteroatoms. The second kappa shape index (κ2) is 9.57. The molecular weight excluding hydrogens is 473 g/mol. The minimum Gasteiger partial charge on any atom is -0.493 e. The van der Waals surface area contributed by atoms with Crippen LogP contribution in [0.1, 0.15) is 45.1 Å². The van der Waals surface area contributed by atoms with E-state index in [1.165, 1.54) is 6.33 Å². The molecule has 2 fully saturated rings. The lowest BCUT2D eigenvalue weighted by Gasteiger charge is -2.44. The highest BCUT2D eigenvalue weighted by Gasteiger charge is 2.32. The average molecular weight is 508 g/mol. The number of halogens is 1. The Hall–Kier alpha value is -3.24. The Balaban J connectivity index is 1.39. The number of hydrogen-bond acceptors (Lipinski definition) is 7. The second-order valence-corrected chi connectivity index (χ2v) is 10.5. The van der Waals surface area contributed by atoms with E-state index < -0.39 is 0 Å². The van der Waals surface area contributed by atoms with Gasteiger partial charge in [-0.15, -0.1) is 0 Å². The van der Waals surface area contributed by atoms with E-state index in [0.29, 0.717) is 34.2 Å². The standard InChI is InChI=1S/C27H34FN7O2/c1-16(2)22-23-20(32-25(22)18-11-21(36-4)26-30-15-31-35(26)14-18)12-29-27(24(23)28)34-8-7-33(13-17(34)3)19-5-9-37-10-6-19/h11-12,14-17,19,32H,5-10,13H2,1-4H3. The van der Waals surface area contributed by atoms with E-state index in [9.17, 15) is 0 Å². The van der Waals surface area contributed by atoms with E-state index in [1.807, 2.05) is 12.3 Å². The highest BCUT2D eigenvalue weighted by molar-refractivity contribution is 5.93. The van der Waals surface area contributed by atoms with E-state index in [4.69, 9.17) is 9.47 Å². The van der Waals surface area contributed by atoms with Crippen LogP contribution in [0.2, 0.25) is 0 Å². The van der Waals surface area contributed by atoms with Gasteiger partial charge in [0, 0.05) is 62.1 Å². The summed E-state index contributed by atoms with van der Waals surface area (Å²) in [6.07, 6.45) is 7.30.